The number of pyridine rings is 1. The number of nitriles is 1. The minimum Gasteiger partial charge on any atom is -0.335 e. The number of rotatable bonds is 3. The Bertz CT molecular complexity index is 429. The first-order valence-electron chi connectivity index (χ1n) is 5.43. The molecule has 0 bridgehead atoms. The van der Waals surface area contributed by atoms with Crippen molar-refractivity contribution in [3.63, 3.8) is 0 Å². The molecule has 1 fully saturated rings. The van der Waals surface area contributed by atoms with E-state index in [2.05, 4.69) is 4.98 Å². The summed E-state index contributed by atoms with van der Waals surface area (Å²) in [5.41, 5.74) is 0.902. The van der Waals surface area contributed by atoms with Gasteiger partial charge in [0.15, 0.2) is 0 Å². The maximum Gasteiger partial charge on any atom is 0.272 e. The van der Waals surface area contributed by atoms with Crippen LogP contribution in [0.25, 0.3) is 0 Å². The molecule has 0 spiro atoms. The van der Waals surface area contributed by atoms with Crippen LogP contribution in [0.5, 0.6) is 0 Å². The zero-order valence-corrected chi connectivity index (χ0v) is 9.18. The van der Waals surface area contributed by atoms with Gasteiger partial charge < -0.3 is 4.90 Å². The molecule has 16 heavy (non-hydrogen) atoms. The predicted octanol–water partition coefficient (Wildman–Crippen LogP) is 1.58. The Morgan fingerprint density at radius 2 is 2.38 bits per heavy atom. The fourth-order valence-corrected chi connectivity index (χ4v) is 1.69. The van der Waals surface area contributed by atoms with Gasteiger partial charge in [-0.05, 0) is 31.9 Å². The lowest BCUT2D eigenvalue weighted by atomic mass is 10.2. The number of carbonyl (C=O) groups excluding carboxylic acids is 1. The first-order chi connectivity index (χ1) is 7.76. The van der Waals surface area contributed by atoms with Crippen LogP contribution < -0.4 is 0 Å². The molecule has 0 atom stereocenters. The first kappa shape index (κ1) is 10.6. The molecule has 1 amide bonds. The summed E-state index contributed by atoms with van der Waals surface area (Å²) in [6.45, 7) is 2.69. The fourth-order valence-electron chi connectivity index (χ4n) is 1.69. The van der Waals surface area contributed by atoms with Crippen molar-refractivity contribution in [2.24, 2.45) is 0 Å². The summed E-state index contributed by atoms with van der Waals surface area (Å²) in [7, 11) is 0. The van der Waals surface area contributed by atoms with Gasteiger partial charge in [-0.1, -0.05) is 0 Å². The van der Waals surface area contributed by atoms with Crippen LogP contribution in [0.3, 0.4) is 0 Å². The van der Waals surface area contributed by atoms with E-state index in [9.17, 15) is 4.79 Å². The number of carbonyl (C=O) groups is 1. The Labute approximate surface area is 94.5 Å². The summed E-state index contributed by atoms with van der Waals surface area (Å²) in [5.74, 6) is -0.0329. The van der Waals surface area contributed by atoms with Crippen molar-refractivity contribution in [1.29, 1.82) is 5.26 Å². The second-order valence-corrected chi connectivity index (χ2v) is 3.87. The van der Waals surface area contributed by atoms with E-state index in [-0.39, 0.29) is 5.91 Å². The Morgan fingerprint density at radius 3 is 2.81 bits per heavy atom. The van der Waals surface area contributed by atoms with E-state index in [1.165, 1.54) is 6.20 Å². The Kier molecular flexibility index (Phi) is 2.86. The van der Waals surface area contributed by atoms with Crippen molar-refractivity contribution in [2.45, 2.75) is 25.8 Å². The largest absolute Gasteiger partial charge is 0.335 e. The molecule has 1 aromatic heterocycles. The highest BCUT2D eigenvalue weighted by Gasteiger charge is 2.32. The van der Waals surface area contributed by atoms with Crippen LogP contribution in [0.4, 0.5) is 0 Å². The molecule has 1 heterocycles. The molecule has 1 aliphatic carbocycles. The molecule has 0 aliphatic heterocycles. The van der Waals surface area contributed by atoms with Crippen LogP contribution in [0, 0.1) is 11.3 Å². The second kappa shape index (κ2) is 4.31. The van der Waals surface area contributed by atoms with Gasteiger partial charge in [0, 0.05) is 18.8 Å². The van der Waals surface area contributed by atoms with Gasteiger partial charge in [0.1, 0.15) is 11.8 Å². The van der Waals surface area contributed by atoms with Gasteiger partial charge in [-0.2, -0.15) is 5.26 Å². The summed E-state index contributed by atoms with van der Waals surface area (Å²) < 4.78 is 0. The number of nitrogens with zero attached hydrogens (tertiary/aromatic N) is 3. The third kappa shape index (κ3) is 2.03. The number of amides is 1. The molecule has 0 N–H and O–H groups in total. The van der Waals surface area contributed by atoms with E-state index in [4.69, 9.17) is 5.26 Å². The van der Waals surface area contributed by atoms with Crippen LogP contribution in [-0.2, 0) is 0 Å². The van der Waals surface area contributed by atoms with Crippen molar-refractivity contribution in [1.82, 2.24) is 9.88 Å². The van der Waals surface area contributed by atoms with E-state index in [1.54, 1.807) is 12.1 Å². The first-order valence-corrected chi connectivity index (χ1v) is 5.43. The summed E-state index contributed by atoms with van der Waals surface area (Å²) in [4.78, 5) is 17.9. The second-order valence-electron chi connectivity index (χ2n) is 3.87. The Hall–Kier alpha value is -1.89. The lowest BCUT2D eigenvalue weighted by Gasteiger charge is -2.19. The molecule has 0 unspecified atom stereocenters. The third-order valence-corrected chi connectivity index (χ3v) is 2.70. The van der Waals surface area contributed by atoms with Crippen molar-refractivity contribution in [3.05, 3.63) is 29.6 Å². The van der Waals surface area contributed by atoms with Crippen molar-refractivity contribution in [2.75, 3.05) is 6.54 Å². The number of aromatic nitrogens is 1. The standard InChI is InChI=1S/C12H13N3O/c1-2-15(10-4-5-10)12(16)11-6-3-9(7-13)8-14-11/h3,6,8,10H,2,4-5H2,1H3. The van der Waals surface area contributed by atoms with E-state index in [0.29, 0.717) is 23.8 Å². The number of hydrogen-bond donors (Lipinski definition) is 0. The molecule has 0 aromatic carbocycles. The molecule has 1 aliphatic rings. The molecule has 4 nitrogen and oxygen atoms in total. The van der Waals surface area contributed by atoms with Crippen molar-refractivity contribution in [3.8, 4) is 6.07 Å². The van der Waals surface area contributed by atoms with Crippen molar-refractivity contribution < 1.29 is 4.79 Å². The molecule has 0 saturated heterocycles. The van der Waals surface area contributed by atoms with Crippen LogP contribution in [0.1, 0.15) is 35.8 Å². The highest BCUT2D eigenvalue weighted by atomic mass is 16.2. The summed E-state index contributed by atoms with van der Waals surface area (Å²) in [6, 6.07) is 5.63. The fraction of sp³-hybridized carbons (Fsp3) is 0.417. The third-order valence-electron chi connectivity index (χ3n) is 2.70. The van der Waals surface area contributed by atoms with Gasteiger partial charge in [-0.3, -0.25) is 4.79 Å². The van der Waals surface area contributed by atoms with Crippen molar-refractivity contribution >= 4 is 5.91 Å². The lowest BCUT2D eigenvalue weighted by molar-refractivity contribution is 0.0746. The average Bonchev–Trinajstić information content (AvgIpc) is 3.14. The molecular formula is C12H13N3O. The molecule has 2 rings (SSSR count). The molecule has 82 valence electrons. The number of hydrogen-bond acceptors (Lipinski definition) is 3. The Balaban J connectivity index is 2.16. The highest BCUT2D eigenvalue weighted by Crippen LogP contribution is 2.27. The minimum absolute atomic E-state index is 0.0329. The normalized spacial score (nSPS) is 14.2. The average molecular weight is 215 g/mol. The summed E-state index contributed by atoms with van der Waals surface area (Å²) in [6.07, 6.45) is 3.62. The Morgan fingerprint density at radius 1 is 1.62 bits per heavy atom. The van der Waals surface area contributed by atoms with Gasteiger partial charge in [0.05, 0.1) is 5.56 Å². The monoisotopic (exact) mass is 215 g/mol. The summed E-state index contributed by atoms with van der Waals surface area (Å²) >= 11 is 0. The SMILES string of the molecule is CCN(C(=O)c1ccc(C#N)cn1)C1CC1. The summed E-state index contributed by atoms with van der Waals surface area (Å²) in [5, 5.41) is 8.64. The van der Waals surface area contributed by atoms with Gasteiger partial charge in [0.2, 0.25) is 0 Å². The zero-order valence-electron chi connectivity index (χ0n) is 9.18. The maximum absolute atomic E-state index is 12.0. The lowest BCUT2D eigenvalue weighted by Crippen LogP contribution is -2.33. The van der Waals surface area contributed by atoms with Gasteiger partial charge in [-0.25, -0.2) is 4.98 Å². The van der Waals surface area contributed by atoms with Crippen LogP contribution >= 0.6 is 0 Å². The highest BCUT2D eigenvalue weighted by molar-refractivity contribution is 5.92. The van der Waals surface area contributed by atoms with E-state index in [0.717, 1.165) is 12.8 Å². The van der Waals surface area contributed by atoms with Gasteiger partial charge >= 0.3 is 0 Å². The molecule has 1 saturated carbocycles. The van der Waals surface area contributed by atoms with Gasteiger partial charge in [0.25, 0.3) is 5.91 Å². The van der Waals surface area contributed by atoms with E-state index < -0.39 is 0 Å². The van der Waals surface area contributed by atoms with Crippen LogP contribution in [-0.4, -0.2) is 28.4 Å². The quantitative estimate of drug-likeness (QED) is 0.769. The van der Waals surface area contributed by atoms with Gasteiger partial charge in [-0.15, -0.1) is 0 Å². The smallest absolute Gasteiger partial charge is 0.272 e. The molecule has 1 aromatic rings. The van der Waals surface area contributed by atoms with Crippen LogP contribution in [0.15, 0.2) is 18.3 Å². The maximum atomic E-state index is 12.0. The minimum atomic E-state index is -0.0329. The van der Waals surface area contributed by atoms with Crippen LogP contribution in [0.2, 0.25) is 0 Å². The molecule has 0 radical (unpaired) electrons. The predicted molar refractivity (Wildman–Crippen MR) is 58.7 cm³/mol. The van der Waals surface area contributed by atoms with E-state index in [1.807, 2.05) is 17.9 Å². The van der Waals surface area contributed by atoms with E-state index >= 15 is 0 Å². The molecule has 4 heteroatoms. The zero-order chi connectivity index (χ0) is 11.5. The topological polar surface area (TPSA) is 57.0 Å². The molecular weight excluding hydrogens is 202 g/mol.